The molecule has 1 heterocycles. The molecule has 0 saturated heterocycles. The van der Waals surface area contributed by atoms with Crippen molar-refractivity contribution in [1.82, 2.24) is 5.16 Å². The molecule has 0 bridgehead atoms. The molecular weight excluding hydrogens is 240 g/mol. The zero-order chi connectivity index (χ0) is 13.8. The molecule has 1 aromatic heterocycles. The van der Waals surface area contributed by atoms with E-state index in [-0.39, 0.29) is 5.92 Å². The van der Waals surface area contributed by atoms with Gasteiger partial charge in [-0.25, -0.2) is 0 Å². The van der Waals surface area contributed by atoms with E-state index in [1.54, 1.807) is 7.11 Å². The molecule has 0 aliphatic rings. The highest BCUT2D eigenvalue weighted by Gasteiger charge is 2.22. The topological polar surface area (TPSA) is 61.3 Å². The molecule has 0 amide bonds. The van der Waals surface area contributed by atoms with Crippen LogP contribution in [0.5, 0.6) is 5.75 Å². The molecule has 0 fully saturated rings. The number of anilines is 1. The number of benzene rings is 1. The lowest BCUT2D eigenvalue weighted by molar-refractivity contribution is 0.362. The van der Waals surface area contributed by atoms with E-state index in [1.165, 1.54) is 0 Å². The van der Waals surface area contributed by atoms with Crippen LogP contribution in [-0.4, -0.2) is 12.3 Å². The number of nitrogen functional groups attached to an aromatic ring is 1. The van der Waals surface area contributed by atoms with Crippen molar-refractivity contribution in [1.29, 1.82) is 0 Å². The van der Waals surface area contributed by atoms with Crippen LogP contribution in [0, 0.1) is 0 Å². The van der Waals surface area contributed by atoms with Crippen LogP contribution in [0.1, 0.15) is 38.4 Å². The molecular formula is C15H20N2O2. The fraction of sp³-hybridized carbons (Fsp3) is 0.400. The third-order valence-electron chi connectivity index (χ3n) is 3.29. The molecule has 4 nitrogen and oxygen atoms in total. The number of aromatic nitrogens is 1. The third kappa shape index (κ3) is 2.57. The summed E-state index contributed by atoms with van der Waals surface area (Å²) in [6, 6.07) is 7.78. The van der Waals surface area contributed by atoms with Gasteiger partial charge >= 0.3 is 0 Å². The summed E-state index contributed by atoms with van der Waals surface area (Å²) in [5, 5.41) is 3.92. The molecule has 4 heteroatoms. The molecule has 0 aliphatic carbocycles. The monoisotopic (exact) mass is 260 g/mol. The second kappa shape index (κ2) is 5.78. The molecule has 102 valence electrons. The van der Waals surface area contributed by atoms with Crippen molar-refractivity contribution in [3.8, 4) is 16.9 Å². The van der Waals surface area contributed by atoms with Crippen molar-refractivity contribution in [3.63, 3.8) is 0 Å². The highest BCUT2D eigenvalue weighted by atomic mass is 16.5. The van der Waals surface area contributed by atoms with Crippen LogP contribution in [0.3, 0.4) is 0 Å². The molecule has 0 aliphatic heterocycles. The summed E-state index contributed by atoms with van der Waals surface area (Å²) < 4.78 is 10.8. The Morgan fingerprint density at radius 3 is 2.79 bits per heavy atom. The lowest BCUT2D eigenvalue weighted by Crippen LogP contribution is -1.97. The van der Waals surface area contributed by atoms with Gasteiger partial charge in [0.1, 0.15) is 11.5 Å². The SMILES string of the molecule is CCCC(C)c1onc(N)c1-c1ccccc1OC. The van der Waals surface area contributed by atoms with Crippen LogP contribution >= 0.6 is 0 Å². The first-order chi connectivity index (χ1) is 9.19. The molecule has 2 N–H and O–H groups in total. The summed E-state index contributed by atoms with van der Waals surface area (Å²) in [4.78, 5) is 0. The maximum Gasteiger partial charge on any atom is 0.175 e. The van der Waals surface area contributed by atoms with Crippen molar-refractivity contribution >= 4 is 5.82 Å². The van der Waals surface area contributed by atoms with E-state index in [9.17, 15) is 0 Å². The van der Waals surface area contributed by atoms with E-state index >= 15 is 0 Å². The maximum atomic E-state index is 5.97. The average molecular weight is 260 g/mol. The van der Waals surface area contributed by atoms with Gasteiger partial charge in [-0.15, -0.1) is 0 Å². The van der Waals surface area contributed by atoms with Crippen molar-refractivity contribution in [2.24, 2.45) is 0 Å². The normalized spacial score (nSPS) is 12.4. The fourth-order valence-electron chi connectivity index (χ4n) is 2.34. The zero-order valence-corrected chi connectivity index (χ0v) is 11.6. The summed E-state index contributed by atoms with van der Waals surface area (Å²) in [5.41, 5.74) is 7.76. The standard InChI is InChI=1S/C15H20N2O2/c1-4-7-10(2)14-13(15(16)17-19-14)11-8-5-6-9-12(11)18-3/h5-6,8-10H,4,7H2,1-3H3,(H2,16,17). The molecule has 1 unspecified atom stereocenters. The second-order valence-electron chi connectivity index (χ2n) is 4.70. The van der Waals surface area contributed by atoms with Crippen molar-refractivity contribution < 1.29 is 9.26 Å². The van der Waals surface area contributed by atoms with Gasteiger partial charge < -0.3 is 15.0 Å². The van der Waals surface area contributed by atoms with Gasteiger partial charge in [-0.1, -0.05) is 43.6 Å². The van der Waals surface area contributed by atoms with Crippen molar-refractivity contribution in [3.05, 3.63) is 30.0 Å². The number of nitrogens with zero attached hydrogens (tertiary/aromatic N) is 1. The summed E-state index contributed by atoms with van der Waals surface area (Å²) in [5.74, 6) is 2.32. The van der Waals surface area contributed by atoms with Gasteiger partial charge in [-0.05, 0) is 12.5 Å². The van der Waals surface area contributed by atoms with Crippen LogP contribution in [0.25, 0.3) is 11.1 Å². The molecule has 1 aromatic carbocycles. The first-order valence-electron chi connectivity index (χ1n) is 6.57. The quantitative estimate of drug-likeness (QED) is 0.887. The molecule has 2 aromatic rings. The first kappa shape index (κ1) is 13.5. The number of para-hydroxylation sites is 1. The minimum Gasteiger partial charge on any atom is -0.496 e. The Bertz CT molecular complexity index is 549. The van der Waals surface area contributed by atoms with Crippen LogP contribution in [0.2, 0.25) is 0 Å². The number of rotatable bonds is 5. The Labute approximate surface area is 113 Å². The van der Waals surface area contributed by atoms with E-state index < -0.39 is 0 Å². The van der Waals surface area contributed by atoms with Gasteiger partial charge in [0, 0.05) is 11.5 Å². The number of nitrogens with two attached hydrogens (primary N) is 1. The highest BCUT2D eigenvalue weighted by molar-refractivity contribution is 5.80. The maximum absolute atomic E-state index is 5.97. The minimum absolute atomic E-state index is 0.287. The van der Waals surface area contributed by atoms with E-state index in [0.717, 1.165) is 35.5 Å². The molecule has 1 atom stereocenters. The van der Waals surface area contributed by atoms with Gasteiger partial charge in [0.2, 0.25) is 0 Å². The van der Waals surface area contributed by atoms with Gasteiger partial charge in [-0.3, -0.25) is 0 Å². The molecule has 19 heavy (non-hydrogen) atoms. The molecule has 0 spiro atoms. The average Bonchev–Trinajstić information content (AvgIpc) is 2.81. The predicted molar refractivity (Wildman–Crippen MR) is 76.2 cm³/mol. The number of hydrogen-bond acceptors (Lipinski definition) is 4. The Morgan fingerprint density at radius 1 is 1.37 bits per heavy atom. The Morgan fingerprint density at radius 2 is 2.11 bits per heavy atom. The van der Waals surface area contributed by atoms with Crippen molar-refractivity contribution in [2.75, 3.05) is 12.8 Å². The third-order valence-corrected chi connectivity index (χ3v) is 3.29. The van der Waals surface area contributed by atoms with Gasteiger partial charge in [-0.2, -0.15) is 0 Å². The van der Waals surface area contributed by atoms with E-state index in [1.807, 2.05) is 24.3 Å². The lowest BCUT2D eigenvalue weighted by Gasteiger charge is -2.11. The van der Waals surface area contributed by atoms with Crippen LogP contribution in [0.4, 0.5) is 5.82 Å². The van der Waals surface area contributed by atoms with E-state index in [4.69, 9.17) is 15.0 Å². The predicted octanol–water partition coefficient (Wildman–Crippen LogP) is 3.84. The summed E-state index contributed by atoms with van der Waals surface area (Å²) in [6.45, 7) is 4.28. The summed E-state index contributed by atoms with van der Waals surface area (Å²) in [7, 11) is 1.65. The van der Waals surface area contributed by atoms with Crippen molar-refractivity contribution in [2.45, 2.75) is 32.6 Å². The number of ether oxygens (including phenoxy) is 1. The van der Waals surface area contributed by atoms with Gasteiger partial charge in [0.05, 0.1) is 12.7 Å². The van der Waals surface area contributed by atoms with Crippen LogP contribution in [-0.2, 0) is 0 Å². The van der Waals surface area contributed by atoms with E-state index in [2.05, 4.69) is 19.0 Å². The fourth-order valence-corrected chi connectivity index (χ4v) is 2.34. The van der Waals surface area contributed by atoms with Gasteiger partial charge in [0.25, 0.3) is 0 Å². The largest absolute Gasteiger partial charge is 0.496 e. The Hall–Kier alpha value is -1.97. The lowest BCUT2D eigenvalue weighted by atomic mass is 9.95. The Kier molecular flexibility index (Phi) is 4.10. The Balaban J connectivity index is 2.52. The zero-order valence-electron chi connectivity index (χ0n) is 11.6. The molecule has 0 saturated carbocycles. The number of hydrogen-bond donors (Lipinski definition) is 1. The minimum atomic E-state index is 0.287. The summed E-state index contributed by atoms with van der Waals surface area (Å²) in [6.07, 6.45) is 2.13. The van der Waals surface area contributed by atoms with Crippen LogP contribution in [0.15, 0.2) is 28.8 Å². The van der Waals surface area contributed by atoms with Crippen LogP contribution < -0.4 is 10.5 Å². The molecule has 2 rings (SSSR count). The van der Waals surface area contributed by atoms with E-state index in [0.29, 0.717) is 5.82 Å². The highest BCUT2D eigenvalue weighted by Crippen LogP contribution is 2.39. The second-order valence-corrected chi connectivity index (χ2v) is 4.70. The number of methoxy groups -OCH3 is 1. The smallest absolute Gasteiger partial charge is 0.175 e. The van der Waals surface area contributed by atoms with Gasteiger partial charge in [0.15, 0.2) is 5.82 Å². The summed E-state index contributed by atoms with van der Waals surface area (Å²) >= 11 is 0. The first-order valence-corrected chi connectivity index (χ1v) is 6.57. The molecule has 0 radical (unpaired) electrons.